The van der Waals surface area contributed by atoms with Gasteiger partial charge in [0.2, 0.25) is 6.71 Å². The molecule has 0 saturated heterocycles. The molecule has 0 saturated carbocycles. The first-order valence-corrected chi connectivity index (χ1v) is 51.9. The number of benzene rings is 15. The third-order valence-electron chi connectivity index (χ3n) is 32.7. The molecule has 22 rings (SSSR count). The third kappa shape index (κ3) is 15.2. The van der Waals surface area contributed by atoms with Crippen LogP contribution in [-0.4, -0.2) is 6.71 Å². The number of hydrogen-bond acceptors (Lipinski definition) is 3. The zero-order valence-electron chi connectivity index (χ0n) is 80.5. The van der Waals surface area contributed by atoms with Crippen LogP contribution in [0.2, 0.25) is 0 Å². The Kier molecular flexibility index (Phi) is 23.8. The highest BCUT2D eigenvalue weighted by Crippen LogP contribution is 2.64. The first-order valence-electron chi connectivity index (χ1n) is 51.9. The molecular formula is C130H130BNO2. The summed E-state index contributed by atoms with van der Waals surface area (Å²) in [5.74, 6) is 3.21. The largest absolute Gasteiger partial charge is 0.453 e. The van der Waals surface area contributed by atoms with Gasteiger partial charge in [0.1, 0.15) is 5.69 Å². The Morgan fingerprint density at radius 2 is 0.507 bits per heavy atom. The van der Waals surface area contributed by atoms with Crippen molar-refractivity contribution in [3.63, 3.8) is 0 Å². The maximum atomic E-state index is 7.89. The van der Waals surface area contributed by atoms with Crippen LogP contribution in [0.4, 0.5) is 17.1 Å². The van der Waals surface area contributed by atoms with Gasteiger partial charge in [0.15, 0.2) is 23.0 Å². The van der Waals surface area contributed by atoms with Crippen molar-refractivity contribution in [2.24, 2.45) is 0 Å². The van der Waals surface area contributed by atoms with E-state index in [9.17, 15) is 0 Å². The second kappa shape index (κ2) is 36.5. The first-order chi connectivity index (χ1) is 65.8. The normalized spacial score (nSPS) is 14.7. The maximum Gasteiger partial charge on any atom is 0.248 e. The highest BCUT2D eigenvalue weighted by atomic mass is 16.5. The summed E-state index contributed by atoms with van der Waals surface area (Å²) in [5, 5.41) is 0. The number of unbranched alkanes of at least 4 members (excludes halogenated alkanes) is 20. The molecular weight excluding hydrogens is 1620 g/mol. The number of para-hydroxylation sites is 1. The molecule has 15 aromatic carbocycles. The molecule has 3 aliphatic heterocycles. The van der Waals surface area contributed by atoms with Gasteiger partial charge in [-0.2, -0.15) is 0 Å². The fourth-order valence-electron chi connectivity index (χ4n) is 25.7. The van der Waals surface area contributed by atoms with Crippen molar-refractivity contribution in [1.82, 2.24) is 0 Å². The number of rotatable bonds is 36. The molecule has 3 nitrogen and oxygen atoms in total. The van der Waals surface area contributed by atoms with Gasteiger partial charge in [-0.15, -0.1) is 0 Å². The Balaban J connectivity index is 0.643. The monoisotopic (exact) mass is 1750 g/mol. The van der Waals surface area contributed by atoms with Crippen LogP contribution in [-0.2, 0) is 21.7 Å². The van der Waals surface area contributed by atoms with E-state index in [0.29, 0.717) is 0 Å². The fourth-order valence-corrected chi connectivity index (χ4v) is 25.7. The predicted molar refractivity (Wildman–Crippen MR) is 570 cm³/mol. The van der Waals surface area contributed by atoms with E-state index in [0.717, 1.165) is 73.4 Å². The summed E-state index contributed by atoms with van der Waals surface area (Å²) in [5.41, 5.74) is 45.5. The molecule has 4 heteroatoms. The molecule has 0 fully saturated rings. The Hall–Kier alpha value is -12.2. The van der Waals surface area contributed by atoms with Gasteiger partial charge in [-0.25, -0.2) is 0 Å². The summed E-state index contributed by atoms with van der Waals surface area (Å²) < 4.78 is 15.4. The van der Waals surface area contributed by atoms with Crippen LogP contribution in [0.5, 0.6) is 23.0 Å². The highest BCUT2D eigenvalue weighted by molar-refractivity contribution is 6.99. The Morgan fingerprint density at radius 3 is 0.903 bits per heavy atom. The summed E-state index contributed by atoms with van der Waals surface area (Å²) in [6.07, 6.45) is 36.2. The lowest BCUT2D eigenvalue weighted by Gasteiger charge is -2.45. The lowest BCUT2D eigenvalue weighted by Crippen LogP contribution is -2.59. The van der Waals surface area contributed by atoms with E-state index in [4.69, 9.17) is 9.47 Å². The van der Waals surface area contributed by atoms with Gasteiger partial charge in [-0.1, -0.05) is 445 Å². The van der Waals surface area contributed by atoms with Crippen molar-refractivity contribution in [1.29, 1.82) is 0 Å². The van der Waals surface area contributed by atoms with Crippen LogP contribution < -0.4 is 30.8 Å². The number of anilines is 3. The van der Waals surface area contributed by atoms with Crippen LogP contribution in [0.25, 0.3) is 122 Å². The lowest BCUT2D eigenvalue weighted by atomic mass is 9.33. The molecule has 7 aliphatic rings. The SMILES string of the molecule is CCCCCCCCC1(CCCCCCCC)c2ccccc2-c2ccc(-c3ccc4c(c3)C(C)(C)c3cc(-c5cc6c7c(c5)Oc5cc(-c8ccc9c(c8)C(C)(C)c8cc(-c%10ccc%11c(c%10)C(CCCCCCCC)(CCCCCCCC)c%10ccccc%10-%11)ccc8-9)cc8c5N7c5c(cccc5B8c5c(-c7ccccc7)cc(-c7ccccc7)cc5-c5ccccc5)O6)ccc3-4)cc21. The zero-order valence-corrected chi connectivity index (χ0v) is 80.5. The van der Waals surface area contributed by atoms with Crippen molar-refractivity contribution in [3.8, 4) is 145 Å². The molecule has 0 unspecified atom stereocenters. The van der Waals surface area contributed by atoms with E-state index in [1.165, 1.54) is 307 Å². The molecule has 0 atom stereocenters. The number of ether oxygens (including phenoxy) is 2. The van der Waals surface area contributed by atoms with Crippen molar-refractivity contribution in [3.05, 3.63) is 348 Å². The molecule has 670 valence electrons. The van der Waals surface area contributed by atoms with E-state index in [1.807, 2.05) is 0 Å². The minimum absolute atomic E-state index is 0.00106. The molecule has 134 heavy (non-hydrogen) atoms. The van der Waals surface area contributed by atoms with Crippen molar-refractivity contribution < 1.29 is 9.47 Å². The van der Waals surface area contributed by atoms with E-state index in [-0.39, 0.29) is 28.4 Å². The van der Waals surface area contributed by atoms with Gasteiger partial charge in [0.25, 0.3) is 0 Å². The quantitative estimate of drug-likeness (QED) is 0.0289. The summed E-state index contributed by atoms with van der Waals surface area (Å²) in [6, 6.07) is 118. The zero-order chi connectivity index (χ0) is 90.8. The number of fused-ring (bicyclic) bond motifs is 12. The van der Waals surface area contributed by atoms with Crippen molar-refractivity contribution >= 4 is 40.2 Å². The van der Waals surface area contributed by atoms with E-state index < -0.39 is 0 Å². The number of nitrogens with zero attached hydrogens (tertiary/aromatic N) is 1. The third-order valence-corrected chi connectivity index (χ3v) is 32.7. The van der Waals surface area contributed by atoms with Gasteiger partial charge < -0.3 is 9.47 Å². The van der Waals surface area contributed by atoms with Gasteiger partial charge in [-0.3, -0.25) is 4.90 Å². The van der Waals surface area contributed by atoms with Crippen molar-refractivity contribution in [2.45, 2.75) is 257 Å². The Morgan fingerprint density at radius 1 is 0.209 bits per heavy atom. The Bertz CT molecular complexity index is 6870. The minimum Gasteiger partial charge on any atom is -0.453 e. The molecule has 3 heterocycles. The average Bonchev–Trinajstić information content (AvgIpc) is 0.873. The van der Waals surface area contributed by atoms with Crippen LogP contribution in [0.3, 0.4) is 0 Å². The summed E-state index contributed by atoms with van der Waals surface area (Å²) in [6.45, 7) is 18.9. The van der Waals surface area contributed by atoms with Crippen LogP contribution in [0, 0.1) is 0 Å². The lowest BCUT2D eigenvalue weighted by molar-refractivity contribution is 0.398. The summed E-state index contributed by atoms with van der Waals surface area (Å²) in [4.78, 5) is 2.54. The predicted octanol–water partition coefficient (Wildman–Crippen LogP) is 36.0. The van der Waals surface area contributed by atoms with Gasteiger partial charge in [0, 0.05) is 21.7 Å². The molecule has 0 bridgehead atoms. The molecule has 0 N–H and O–H groups in total. The van der Waals surface area contributed by atoms with Crippen molar-refractivity contribution in [2.75, 3.05) is 4.90 Å². The number of hydrogen-bond donors (Lipinski definition) is 0. The van der Waals surface area contributed by atoms with Gasteiger partial charge in [0.05, 0.1) is 11.4 Å². The van der Waals surface area contributed by atoms with Crippen LogP contribution in [0.15, 0.2) is 303 Å². The molecule has 0 amide bonds. The van der Waals surface area contributed by atoms with Gasteiger partial charge >= 0.3 is 0 Å². The second-order valence-electron chi connectivity index (χ2n) is 41.6. The summed E-state index contributed by atoms with van der Waals surface area (Å²) >= 11 is 0. The fraction of sp³-hybridized carbons (Fsp3) is 0.308. The second-order valence-corrected chi connectivity index (χ2v) is 41.6. The molecule has 0 radical (unpaired) electrons. The molecule has 0 spiro atoms. The van der Waals surface area contributed by atoms with Crippen LogP contribution >= 0.6 is 0 Å². The first kappa shape index (κ1) is 87.1. The standard InChI is InChI=1S/C130H130BNO2/c1-9-13-17-21-25-42-71-129(72-43-26-22-18-14-10-2)109-55-40-38-53-99(109)105-69-61-92(81-115(105)129)90-59-65-101-103-67-63-94(79-113(103)127(5,6)111(101)77-90)97-83-118-125-120(84-97)134-122-86-98(85-121-126(122)132(125)124-117(57-46-58-119(124)133-121)131(118)123-107(88-49-34-30-35-50-88)75-96(87-47-32-29-33-48-87)76-108(123)89-51-36-31-37-52-89)95-64-68-104-102-66-60-91(78-112(102)128(7,8)114(104)80-95)93-62-70-106-100-54-39-41-56-110(100)130(116(106)82-93,73-44-27-23-19-15-11-3)74-45-28-24-20-16-12-4/h29-41,46-70,75-86H,9-28,42-45,71-74H2,1-8H3. The van der Waals surface area contributed by atoms with Gasteiger partial charge in [-0.05, 0) is 276 Å². The highest BCUT2D eigenvalue weighted by Gasteiger charge is 2.50. The topological polar surface area (TPSA) is 21.7 Å². The Labute approximate surface area is 799 Å². The molecule has 4 aliphatic carbocycles. The molecule has 0 aromatic heterocycles. The van der Waals surface area contributed by atoms with E-state index in [2.05, 4.69) is 364 Å². The maximum absolute atomic E-state index is 7.89. The average molecular weight is 1750 g/mol. The smallest absolute Gasteiger partial charge is 0.248 e. The summed E-state index contributed by atoms with van der Waals surface area (Å²) in [7, 11) is 0. The van der Waals surface area contributed by atoms with E-state index >= 15 is 0 Å². The van der Waals surface area contributed by atoms with E-state index in [1.54, 1.807) is 22.3 Å². The van der Waals surface area contributed by atoms with Crippen LogP contribution in [0.1, 0.15) is 280 Å². The molecule has 15 aromatic rings. The minimum atomic E-state index is -0.322.